The van der Waals surface area contributed by atoms with Crippen LogP contribution < -0.4 is 20.0 Å². The Labute approximate surface area is 181 Å². The molecule has 0 aliphatic heterocycles. The molecule has 0 aromatic heterocycles. The SMILES string of the molecule is C1=CC2[CH-]C(P(c3ccccc3)c3cc4ccccc4[cH-]3)CC2C=C1.[F-].[F-].[Ti+4]. The fraction of sp³-hybridized carbons (Fsp3) is 0.167. The molecule has 1 saturated carbocycles. The molecule has 0 bridgehead atoms. The Morgan fingerprint density at radius 2 is 1.57 bits per heavy atom. The van der Waals surface area contributed by atoms with Gasteiger partial charge in [0.1, 0.15) is 0 Å². The zero-order valence-corrected chi connectivity index (χ0v) is 17.8. The third-order valence-corrected chi connectivity index (χ3v) is 8.22. The van der Waals surface area contributed by atoms with Gasteiger partial charge in [-0.25, -0.2) is 0 Å². The molecule has 4 heteroatoms. The molecule has 4 unspecified atom stereocenters. The van der Waals surface area contributed by atoms with Crippen molar-refractivity contribution in [3.63, 3.8) is 0 Å². The maximum atomic E-state index is 2.63. The van der Waals surface area contributed by atoms with Crippen LogP contribution in [0.25, 0.3) is 10.8 Å². The Balaban J connectivity index is 0.000000934. The van der Waals surface area contributed by atoms with Gasteiger partial charge in [0.05, 0.1) is 0 Å². The fourth-order valence-electron chi connectivity index (χ4n) is 4.31. The van der Waals surface area contributed by atoms with Gasteiger partial charge in [0.2, 0.25) is 0 Å². The molecule has 3 aromatic rings. The van der Waals surface area contributed by atoms with E-state index in [1.54, 1.807) is 0 Å². The molecule has 3 aromatic carbocycles. The predicted molar refractivity (Wildman–Crippen MR) is 110 cm³/mol. The normalized spacial score (nSPS) is 23.2. The Bertz CT molecular complexity index is 894. The average molecular weight is 426 g/mol. The number of allylic oxidation sites excluding steroid dienone is 4. The van der Waals surface area contributed by atoms with Gasteiger partial charge in [0.25, 0.3) is 0 Å². The number of benzene rings is 2. The van der Waals surface area contributed by atoms with E-state index in [-0.39, 0.29) is 39.0 Å². The van der Waals surface area contributed by atoms with Gasteiger partial charge in [-0.2, -0.15) is 6.07 Å². The Morgan fingerprint density at radius 3 is 2.32 bits per heavy atom. The van der Waals surface area contributed by atoms with Crippen LogP contribution in [0.4, 0.5) is 0 Å². The molecule has 0 spiro atoms. The quantitative estimate of drug-likeness (QED) is 0.296. The van der Waals surface area contributed by atoms with E-state index in [9.17, 15) is 0 Å². The summed E-state index contributed by atoms with van der Waals surface area (Å²) in [5.74, 6) is 1.31. The second-order valence-corrected chi connectivity index (χ2v) is 9.49. The number of hydrogen-bond donors (Lipinski definition) is 0. The van der Waals surface area contributed by atoms with Crippen molar-refractivity contribution in [3.8, 4) is 0 Å². The summed E-state index contributed by atoms with van der Waals surface area (Å²) in [6.45, 7) is 0. The van der Waals surface area contributed by atoms with E-state index in [1.807, 2.05) is 0 Å². The van der Waals surface area contributed by atoms with Gasteiger partial charge >= 0.3 is 21.7 Å². The first kappa shape index (κ1) is 22.8. The molecule has 0 nitrogen and oxygen atoms in total. The Hall–Kier alpha value is -1.47. The summed E-state index contributed by atoms with van der Waals surface area (Å²) in [7, 11) is -0.359. The van der Waals surface area contributed by atoms with Gasteiger partial charge in [-0.1, -0.05) is 69.0 Å². The third-order valence-electron chi connectivity index (χ3n) is 5.50. The maximum absolute atomic E-state index is 2.63. The van der Waals surface area contributed by atoms with Crippen molar-refractivity contribution in [2.75, 3.05) is 0 Å². The molecule has 4 atom stereocenters. The van der Waals surface area contributed by atoms with E-state index < -0.39 is 0 Å². The van der Waals surface area contributed by atoms with Crippen molar-refractivity contribution >= 4 is 29.3 Å². The standard InChI is InChI=1S/C24H21P.2FH.Ti/c1-2-12-22(13-3-1)25(23-14-18-8-4-5-9-19(18)15-23)24-16-20-10-6-7-11-21(20)17-24;;;/h1-16,20-21,24H,17H2;2*1H;/q-2;;;+4/p-2. The van der Waals surface area contributed by atoms with Crippen molar-refractivity contribution in [1.82, 2.24) is 0 Å². The smallest absolute Gasteiger partial charge is 1.00 e. The first-order valence-electron chi connectivity index (χ1n) is 9.08. The van der Waals surface area contributed by atoms with Crippen LogP contribution in [0.5, 0.6) is 0 Å². The molecule has 0 saturated heterocycles. The molecular weight excluding hydrogens is 405 g/mol. The molecule has 0 N–H and O–H groups in total. The minimum Gasteiger partial charge on any atom is -1.00 e. The van der Waals surface area contributed by atoms with Gasteiger partial charge in [-0.3, -0.25) is 0 Å². The topological polar surface area (TPSA) is 0 Å². The summed E-state index contributed by atoms with van der Waals surface area (Å²) < 4.78 is 0. The molecule has 28 heavy (non-hydrogen) atoms. The monoisotopic (exact) mass is 426 g/mol. The number of halogens is 2. The summed E-state index contributed by atoms with van der Waals surface area (Å²) >= 11 is 0. The van der Waals surface area contributed by atoms with Crippen LogP contribution in [-0.4, -0.2) is 5.66 Å². The van der Waals surface area contributed by atoms with Crippen LogP contribution in [0.15, 0.2) is 91.0 Å². The van der Waals surface area contributed by atoms with Crippen molar-refractivity contribution in [1.29, 1.82) is 0 Å². The van der Waals surface area contributed by atoms with Crippen LogP contribution >= 0.6 is 7.92 Å². The van der Waals surface area contributed by atoms with Crippen molar-refractivity contribution in [2.45, 2.75) is 12.1 Å². The van der Waals surface area contributed by atoms with Gasteiger partial charge in [0, 0.05) is 0 Å². The van der Waals surface area contributed by atoms with Gasteiger partial charge in [-0.15, -0.1) is 58.0 Å². The zero-order valence-electron chi connectivity index (χ0n) is 15.4. The Kier molecular flexibility index (Phi) is 8.01. The van der Waals surface area contributed by atoms with Crippen LogP contribution in [0.2, 0.25) is 0 Å². The molecular formula is C24H21F2PTi. The molecule has 0 amide bonds. The average Bonchev–Trinajstić information content (AvgIpc) is 3.26. The van der Waals surface area contributed by atoms with Crippen molar-refractivity contribution in [2.24, 2.45) is 11.8 Å². The Morgan fingerprint density at radius 1 is 0.857 bits per heavy atom. The van der Waals surface area contributed by atoms with E-state index >= 15 is 0 Å². The number of rotatable bonds is 3. The minimum atomic E-state index is -0.359. The van der Waals surface area contributed by atoms with Crippen LogP contribution in [-0.2, 0) is 21.7 Å². The second kappa shape index (κ2) is 9.83. The first-order chi connectivity index (χ1) is 12.4. The third kappa shape index (κ3) is 4.25. The first-order valence-corrected chi connectivity index (χ1v) is 10.5. The molecule has 0 radical (unpaired) electrons. The molecule has 2 aliphatic carbocycles. The second-order valence-electron chi connectivity index (χ2n) is 7.05. The largest absolute Gasteiger partial charge is 4.00 e. The van der Waals surface area contributed by atoms with E-state index in [4.69, 9.17) is 0 Å². The molecule has 0 heterocycles. The van der Waals surface area contributed by atoms with Crippen LogP contribution in [0.1, 0.15) is 6.42 Å². The van der Waals surface area contributed by atoms with Crippen molar-refractivity contribution < 1.29 is 31.1 Å². The molecule has 5 rings (SSSR count). The van der Waals surface area contributed by atoms with Gasteiger partial charge < -0.3 is 15.8 Å². The zero-order chi connectivity index (χ0) is 16.6. The van der Waals surface area contributed by atoms with E-state index in [2.05, 4.69) is 97.5 Å². The van der Waals surface area contributed by atoms with Crippen LogP contribution in [0, 0.1) is 18.3 Å². The van der Waals surface area contributed by atoms with Crippen LogP contribution in [0.3, 0.4) is 0 Å². The van der Waals surface area contributed by atoms with E-state index in [0.717, 1.165) is 0 Å². The molecule has 140 valence electrons. The van der Waals surface area contributed by atoms with Gasteiger partial charge in [-0.05, 0) is 11.2 Å². The fourth-order valence-corrected chi connectivity index (χ4v) is 7.25. The maximum Gasteiger partial charge on any atom is 4.00 e. The summed E-state index contributed by atoms with van der Waals surface area (Å²) in [5, 5.41) is 5.77. The molecule has 2 aliphatic rings. The summed E-state index contributed by atoms with van der Waals surface area (Å²) in [4.78, 5) is 0. The summed E-state index contributed by atoms with van der Waals surface area (Å²) in [6, 6.07) is 24.8. The predicted octanol–water partition coefficient (Wildman–Crippen LogP) is -0.668. The minimum absolute atomic E-state index is 0. The van der Waals surface area contributed by atoms with Crippen molar-refractivity contribution in [3.05, 3.63) is 97.5 Å². The van der Waals surface area contributed by atoms with Gasteiger partial charge in [0.15, 0.2) is 0 Å². The van der Waals surface area contributed by atoms with E-state index in [1.165, 1.54) is 27.8 Å². The number of hydrogen-bond acceptors (Lipinski definition) is 0. The summed E-state index contributed by atoms with van der Waals surface area (Å²) in [6.07, 6.45) is 13.1. The molecule has 1 fully saturated rings. The number of fused-ring (bicyclic) bond motifs is 2. The van der Waals surface area contributed by atoms with E-state index in [0.29, 0.717) is 17.5 Å². The summed E-state index contributed by atoms with van der Waals surface area (Å²) in [5.41, 5.74) is 0.650.